The van der Waals surface area contributed by atoms with Gasteiger partial charge < -0.3 is 8.92 Å². The lowest BCUT2D eigenvalue weighted by molar-refractivity contribution is -0.387. The number of carbonyl (C=O) groups is 1. The van der Waals surface area contributed by atoms with Crippen LogP contribution >= 0.6 is 11.8 Å². The van der Waals surface area contributed by atoms with Crippen LogP contribution in [0.1, 0.15) is 25.8 Å². The number of amides is 1. The van der Waals surface area contributed by atoms with Crippen molar-refractivity contribution in [3.63, 3.8) is 0 Å². The quantitative estimate of drug-likeness (QED) is 0.232. The molecule has 12 nitrogen and oxygen atoms in total. The van der Waals surface area contributed by atoms with Crippen LogP contribution < -0.4 is 8.92 Å². The van der Waals surface area contributed by atoms with Gasteiger partial charge in [-0.15, -0.1) is 0 Å². The molecule has 0 fully saturated rings. The van der Waals surface area contributed by atoms with Crippen LogP contribution in [0.25, 0.3) is 6.08 Å². The summed E-state index contributed by atoms with van der Waals surface area (Å²) in [6.45, 7) is 3.74. The molecule has 2 heterocycles. The summed E-state index contributed by atoms with van der Waals surface area (Å²) in [5.41, 5.74) is -0.226. The molecule has 2 aromatic rings. The summed E-state index contributed by atoms with van der Waals surface area (Å²) in [6.07, 6.45) is 2.05. The third kappa shape index (κ3) is 4.85. The lowest BCUT2D eigenvalue weighted by atomic mass is 10.1. The van der Waals surface area contributed by atoms with Gasteiger partial charge >= 0.3 is 10.1 Å². The molecule has 0 spiro atoms. The number of nitrogens with one attached hydrogen (secondary N) is 1. The van der Waals surface area contributed by atoms with Crippen LogP contribution in [0, 0.1) is 15.5 Å². The van der Waals surface area contributed by atoms with Crippen molar-refractivity contribution >= 4 is 55.6 Å². The summed E-state index contributed by atoms with van der Waals surface area (Å²) in [7, 11) is -4.57. The van der Waals surface area contributed by atoms with Crippen LogP contribution in [0.3, 0.4) is 0 Å². The zero-order valence-electron chi connectivity index (χ0n) is 19.0. The minimum absolute atomic E-state index is 0.0101. The molecule has 0 saturated carbocycles. The highest BCUT2D eigenvalue weighted by Gasteiger charge is 2.35. The largest absolute Gasteiger partial charge is 0.490 e. The average molecular weight is 530 g/mol. The summed E-state index contributed by atoms with van der Waals surface area (Å²) < 4.78 is 36.4. The second-order valence-electron chi connectivity index (χ2n) is 7.27. The summed E-state index contributed by atoms with van der Waals surface area (Å²) in [5, 5.41) is 26.3. The average Bonchev–Trinajstić information content (AvgIpc) is 3.26. The van der Waals surface area contributed by atoms with Crippen LogP contribution in [-0.4, -0.2) is 46.9 Å². The molecule has 4 rings (SSSR count). The van der Waals surface area contributed by atoms with Crippen molar-refractivity contribution in [3.05, 3.63) is 63.7 Å². The van der Waals surface area contributed by atoms with Crippen LogP contribution in [0.5, 0.6) is 11.5 Å². The molecular formula is C22H19N5O7S2. The first-order valence-corrected chi connectivity index (χ1v) is 12.8. The van der Waals surface area contributed by atoms with E-state index < -0.39 is 31.5 Å². The number of hydrazone groups is 1. The van der Waals surface area contributed by atoms with E-state index in [9.17, 15) is 23.3 Å². The molecule has 14 heteroatoms. The monoisotopic (exact) mass is 529 g/mol. The molecule has 0 unspecified atom stereocenters. The number of fused-ring (bicyclic) bond motifs is 1. The lowest BCUT2D eigenvalue weighted by Gasteiger charge is -2.20. The highest BCUT2D eigenvalue weighted by molar-refractivity contribution is 8.26. The fraction of sp³-hybridized carbons (Fsp3) is 0.182. The Morgan fingerprint density at radius 2 is 1.94 bits per heavy atom. The first-order valence-electron chi connectivity index (χ1n) is 10.6. The second kappa shape index (κ2) is 9.91. The Bertz CT molecular complexity index is 1480. The molecule has 0 radical (unpaired) electrons. The van der Waals surface area contributed by atoms with Gasteiger partial charge in [-0.2, -0.15) is 23.5 Å². The van der Waals surface area contributed by atoms with Gasteiger partial charge in [-0.1, -0.05) is 25.1 Å². The Balaban J connectivity index is 1.68. The second-order valence-corrected chi connectivity index (χ2v) is 9.82. The predicted molar refractivity (Wildman–Crippen MR) is 134 cm³/mol. The van der Waals surface area contributed by atoms with Gasteiger partial charge in [0.05, 0.1) is 17.1 Å². The number of thioether (sulfide) groups is 1. The predicted octanol–water partition coefficient (Wildman–Crippen LogP) is 3.79. The molecule has 0 bridgehead atoms. The summed E-state index contributed by atoms with van der Waals surface area (Å²) >= 11 is 1.23. The van der Waals surface area contributed by atoms with E-state index in [-0.39, 0.29) is 29.5 Å². The van der Waals surface area contributed by atoms with Gasteiger partial charge in [0.25, 0.3) is 11.6 Å². The van der Waals surface area contributed by atoms with E-state index in [0.29, 0.717) is 17.2 Å². The van der Waals surface area contributed by atoms with Crippen molar-refractivity contribution in [3.8, 4) is 11.5 Å². The number of benzene rings is 2. The fourth-order valence-electron chi connectivity index (χ4n) is 3.28. The number of nitro groups is 1. The highest BCUT2D eigenvalue weighted by Crippen LogP contribution is 2.35. The Kier molecular flexibility index (Phi) is 6.90. The number of nitro benzene ring substituents is 1. The van der Waals surface area contributed by atoms with Crippen LogP contribution in [0.2, 0.25) is 0 Å². The van der Waals surface area contributed by atoms with E-state index in [2.05, 4.69) is 10.1 Å². The van der Waals surface area contributed by atoms with Crippen molar-refractivity contribution in [2.45, 2.75) is 25.2 Å². The van der Waals surface area contributed by atoms with E-state index in [1.165, 1.54) is 53.2 Å². The van der Waals surface area contributed by atoms with Gasteiger partial charge in [0.1, 0.15) is 5.04 Å². The fourth-order valence-corrected chi connectivity index (χ4v) is 5.21. The van der Waals surface area contributed by atoms with E-state index in [0.717, 1.165) is 17.2 Å². The van der Waals surface area contributed by atoms with E-state index in [1.807, 2.05) is 6.92 Å². The molecule has 2 aromatic carbocycles. The number of carbonyl (C=O) groups excluding carboxylic acids is 1. The van der Waals surface area contributed by atoms with Crippen molar-refractivity contribution in [2.24, 2.45) is 10.1 Å². The Hall–Kier alpha value is -4.04. The van der Waals surface area contributed by atoms with Gasteiger partial charge in [0.2, 0.25) is 5.17 Å². The van der Waals surface area contributed by atoms with Crippen molar-refractivity contribution in [1.29, 1.82) is 5.41 Å². The number of para-hydroxylation sites is 1. The normalized spacial score (nSPS) is 16.5. The van der Waals surface area contributed by atoms with Gasteiger partial charge in [-0.05, 0) is 54.9 Å². The minimum Gasteiger partial charge on any atom is -0.490 e. The first kappa shape index (κ1) is 25.1. The maximum Gasteiger partial charge on any atom is 0.346 e. The molecule has 1 N–H and O–H groups in total. The molecule has 0 saturated heterocycles. The van der Waals surface area contributed by atoms with Crippen LogP contribution in [0.4, 0.5) is 5.69 Å². The zero-order chi connectivity index (χ0) is 26.0. The number of rotatable bonds is 8. The summed E-state index contributed by atoms with van der Waals surface area (Å²) in [5.74, 6) is -0.923. The standard InChI is InChI=1S/C22H19N5O7S2/c1-3-19-25-26-20(23)14(21(28)24-22(26)35-19)11-13-9-10-16(17(12-13)33-4-2)34-36(31,32)18-8-6-5-7-15(18)27(29)30/h5-12,23H,3-4H2,1-2H3/b14-11+,23-20?. The third-order valence-corrected chi connectivity index (χ3v) is 7.24. The van der Waals surface area contributed by atoms with Crippen LogP contribution in [0.15, 0.2) is 63.0 Å². The Labute approximate surface area is 210 Å². The van der Waals surface area contributed by atoms with Gasteiger partial charge in [-0.3, -0.25) is 20.3 Å². The number of hydrogen-bond donors (Lipinski definition) is 1. The smallest absolute Gasteiger partial charge is 0.346 e. The van der Waals surface area contributed by atoms with Gasteiger partial charge in [0.15, 0.2) is 22.2 Å². The number of amidine groups is 2. The molecule has 2 aliphatic rings. The summed E-state index contributed by atoms with van der Waals surface area (Å²) in [4.78, 5) is 26.4. The SMILES string of the molecule is CCOc1cc(/C=C2\C(=N)N3N=C(CC)SC3=NC2=O)ccc1OS(=O)(=O)c1ccccc1[N+](=O)[O-]. The lowest BCUT2D eigenvalue weighted by Crippen LogP contribution is -2.35. The van der Waals surface area contributed by atoms with Gasteiger partial charge in [-0.25, -0.2) is 0 Å². The molecule has 0 atom stereocenters. The van der Waals surface area contributed by atoms with Gasteiger partial charge in [0, 0.05) is 6.07 Å². The number of hydrogen-bond acceptors (Lipinski definition) is 10. The Morgan fingerprint density at radius 1 is 1.19 bits per heavy atom. The van der Waals surface area contributed by atoms with Crippen LogP contribution in [-0.2, 0) is 14.9 Å². The molecule has 2 aliphatic heterocycles. The zero-order valence-corrected chi connectivity index (χ0v) is 20.6. The minimum atomic E-state index is -4.57. The summed E-state index contributed by atoms with van der Waals surface area (Å²) in [6, 6.07) is 9.01. The highest BCUT2D eigenvalue weighted by atomic mass is 32.2. The number of nitrogens with zero attached hydrogens (tertiary/aromatic N) is 4. The van der Waals surface area contributed by atoms with E-state index in [1.54, 1.807) is 6.92 Å². The first-order chi connectivity index (χ1) is 17.1. The third-order valence-electron chi connectivity index (χ3n) is 4.91. The molecular weight excluding hydrogens is 510 g/mol. The maximum absolute atomic E-state index is 12.8. The van der Waals surface area contributed by atoms with Crippen molar-refractivity contribution in [2.75, 3.05) is 6.61 Å². The van der Waals surface area contributed by atoms with Crippen molar-refractivity contribution in [1.82, 2.24) is 5.01 Å². The molecule has 36 heavy (non-hydrogen) atoms. The van der Waals surface area contributed by atoms with E-state index in [4.69, 9.17) is 14.3 Å². The maximum atomic E-state index is 12.8. The Morgan fingerprint density at radius 3 is 2.64 bits per heavy atom. The topological polar surface area (TPSA) is 165 Å². The number of ether oxygens (including phenoxy) is 1. The molecule has 0 aliphatic carbocycles. The molecule has 0 aromatic heterocycles. The number of aliphatic imine (C=N–C) groups is 1. The van der Waals surface area contributed by atoms with E-state index >= 15 is 0 Å². The molecule has 1 amide bonds. The molecule has 186 valence electrons. The van der Waals surface area contributed by atoms with Crippen molar-refractivity contribution < 1.29 is 27.1 Å².